The number of anilines is 1. The summed E-state index contributed by atoms with van der Waals surface area (Å²) in [6, 6.07) is 8.19. The molecule has 2 heterocycles. The molecule has 0 saturated carbocycles. The summed E-state index contributed by atoms with van der Waals surface area (Å²) in [5.41, 5.74) is 3.85. The summed E-state index contributed by atoms with van der Waals surface area (Å²) < 4.78 is 40.4. The number of aryl methyl sites for hydroxylation is 1. The van der Waals surface area contributed by atoms with Crippen molar-refractivity contribution >= 4 is 40.8 Å². The van der Waals surface area contributed by atoms with Gasteiger partial charge >= 0.3 is 0 Å². The maximum atomic E-state index is 13.5. The lowest BCUT2D eigenvalue weighted by Crippen LogP contribution is -2.47. The molecule has 0 saturated heterocycles. The van der Waals surface area contributed by atoms with Crippen LogP contribution in [0, 0.1) is 12.7 Å². The first-order valence-corrected chi connectivity index (χ1v) is 12.9. The van der Waals surface area contributed by atoms with Crippen molar-refractivity contribution in [2.45, 2.75) is 39.9 Å². The van der Waals surface area contributed by atoms with E-state index in [1.165, 1.54) is 21.8 Å². The summed E-state index contributed by atoms with van der Waals surface area (Å²) in [7, 11) is 1.66. The molecule has 218 valence electrons. The average Bonchev–Trinajstić information content (AvgIpc) is 3.47. The maximum absolute atomic E-state index is 13.5. The minimum absolute atomic E-state index is 0. The van der Waals surface area contributed by atoms with E-state index in [4.69, 9.17) is 0 Å². The van der Waals surface area contributed by atoms with Gasteiger partial charge in [0.25, 0.3) is 12.3 Å². The van der Waals surface area contributed by atoms with E-state index in [1.807, 2.05) is 18.9 Å². The Kier molecular flexibility index (Phi) is 10.9. The van der Waals surface area contributed by atoms with E-state index in [-0.39, 0.29) is 43.1 Å². The molecule has 2 amide bonds. The second kappa shape index (κ2) is 13.9. The fourth-order valence-electron chi connectivity index (χ4n) is 4.69. The number of fused-ring (bicyclic) bond motifs is 2. The third kappa shape index (κ3) is 7.51. The Morgan fingerprint density at radius 2 is 1.80 bits per heavy atom. The summed E-state index contributed by atoms with van der Waals surface area (Å²) in [5.74, 6) is -0.756. The number of nitrogens with zero attached hydrogens (tertiary/aromatic N) is 5. The number of alkyl halides is 2. The van der Waals surface area contributed by atoms with Gasteiger partial charge < -0.3 is 10.2 Å². The van der Waals surface area contributed by atoms with Crippen molar-refractivity contribution in [3.05, 3.63) is 59.0 Å². The van der Waals surface area contributed by atoms with Gasteiger partial charge in [-0.2, -0.15) is 5.10 Å². The first-order valence-electron chi connectivity index (χ1n) is 12.9. The smallest absolute Gasteiger partial charge is 0.257 e. The molecule has 40 heavy (non-hydrogen) atoms. The lowest BCUT2D eigenvalue weighted by molar-refractivity contribution is -0.145. The lowest BCUT2D eigenvalue weighted by atomic mass is 10.1. The number of aromatic nitrogens is 2. The number of carbonyl (C=O) groups is 2. The zero-order valence-corrected chi connectivity index (χ0v) is 23.6. The van der Waals surface area contributed by atoms with Crippen molar-refractivity contribution in [1.82, 2.24) is 30.4 Å². The highest BCUT2D eigenvalue weighted by atomic mass is 35.5. The number of hydrogen-bond donors (Lipinski definition) is 2. The van der Waals surface area contributed by atoms with E-state index in [1.54, 1.807) is 36.3 Å². The zero-order chi connectivity index (χ0) is 28.1. The highest BCUT2D eigenvalue weighted by molar-refractivity contribution is 5.98. The van der Waals surface area contributed by atoms with Crippen LogP contribution in [0.3, 0.4) is 0 Å². The number of hydrogen-bond acceptors (Lipinski definition) is 6. The molecular weight excluding hydrogens is 547 g/mol. The molecule has 0 atom stereocenters. The number of carbonyl (C=O) groups excluding carboxylic acids is 2. The fraction of sp³-hybridized carbons (Fsp3) is 0.444. The molecule has 1 aliphatic rings. The number of amides is 2. The Morgan fingerprint density at radius 3 is 2.52 bits per heavy atom. The Morgan fingerprint density at radius 1 is 1.07 bits per heavy atom. The van der Waals surface area contributed by atoms with Crippen LogP contribution in [-0.4, -0.2) is 77.8 Å². The minimum atomic E-state index is -2.52. The Labute approximate surface area is 237 Å². The van der Waals surface area contributed by atoms with Crippen LogP contribution >= 0.6 is 12.4 Å². The molecular formula is C27H35ClF3N7O2. The van der Waals surface area contributed by atoms with Gasteiger partial charge in [0.15, 0.2) is 0 Å². The SMILES string of the molecule is CCNCCN(C(=O)CNCC(=O)N(C)N1Cc2ccc(F)cc2C1)c1cc2cn(CC(F)F)nc2cc1C.Cl. The third-order valence-corrected chi connectivity index (χ3v) is 6.76. The van der Waals surface area contributed by atoms with Gasteiger partial charge in [-0.25, -0.2) is 18.2 Å². The normalized spacial score (nSPS) is 13.0. The van der Waals surface area contributed by atoms with Gasteiger partial charge in [-0.15, -0.1) is 12.4 Å². The molecule has 3 aromatic rings. The Balaban J connectivity index is 0.00000441. The van der Waals surface area contributed by atoms with Gasteiger partial charge in [0.05, 0.1) is 18.6 Å². The van der Waals surface area contributed by atoms with Crippen LogP contribution < -0.4 is 15.5 Å². The van der Waals surface area contributed by atoms with Gasteiger partial charge in [-0.1, -0.05) is 13.0 Å². The Hall–Kier alpha value is -3.19. The largest absolute Gasteiger partial charge is 0.315 e. The third-order valence-electron chi connectivity index (χ3n) is 6.76. The molecule has 0 spiro atoms. The van der Waals surface area contributed by atoms with Crippen LogP contribution in [0.2, 0.25) is 0 Å². The predicted octanol–water partition coefficient (Wildman–Crippen LogP) is 3.09. The van der Waals surface area contributed by atoms with Crippen LogP contribution in [0.25, 0.3) is 10.9 Å². The zero-order valence-electron chi connectivity index (χ0n) is 22.8. The number of nitrogens with one attached hydrogen (secondary N) is 2. The molecule has 13 heteroatoms. The van der Waals surface area contributed by atoms with Crippen molar-refractivity contribution in [3.63, 3.8) is 0 Å². The van der Waals surface area contributed by atoms with Crippen LogP contribution in [-0.2, 0) is 29.2 Å². The highest BCUT2D eigenvalue weighted by Crippen LogP contribution is 2.27. The van der Waals surface area contributed by atoms with Gasteiger partial charge in [-0.05, 0) is 54.4 Å². The van der Waals surface area contributed by atoms with Crippen LogP contribution in [0.15, 0.2) is 36.5 Å². The van der Waals surface area contributed by atoms with Crippen molar-refractivity contribution in [2.75, 3.05) is 44.7 Å². The molecule has 2 N–H and O–H groups in total. The maximum Gasteiger partial charge on any atom is 0.257 e. The van der Waals surface area contributed by atoms with E-state index in [2.05, 4.69) is 15.7 Å². The average molecular weight is 582 g/mol. The lowest BCUT2D eigenvalue weighted by Gasteiger charge is -2.28. The fourth-order valence-corrected chi connectivity index (χ4v) is 4.69. The molecule has 2 aromatic carbocycles. The molecule has 0 bridgehead atoms. The molecule has 0 radical (unpaired) electrons. The van der Waals surface area contributed by atoms with Gasteiger partial charge in [0, 0.05) is 50.5 Å². The van der Waals surface area contributed by atoms with E-state index in [0.29, 0.717) is 42.8 Å². The molecule has 0 unspecified atom stereocenters. The monoisotopic (exact) mass is 581 g/mol. The van der Waals surface area contributed by atoms with Crippen LogP contribution in [0.5, 0.6) is 0 Å². The van der Waals surface area contributed by atoms with E-state index < -0.39 is 13.0 Å². The first-order chi connectivity index (χ1) is 18.7. The second-order valence-electron chi connectivity index (χ2n) is 9.60. The number of hydrazine groups is 1. The molecule has 0 fully saturated rings. The molecule has 1 aromatic heterocycles. The van der Waals surface area contributed by atoms with Crippen molar-refractivity contribution in [2.24, 2.45) is 0 Å². The number of benzene rings is 2. The quantitative estimate of drug-likeness (QED) is 0.320. The molecule has 9 nitrogen and oxygen atoms in total. The topological polar surface area (TPSA) is 85.7 Å². The van der Waals surface area contributed by atoms with Gasteiger partial charge in [0.1, 0.15) is 12.4 Å². The van der Waals surface area contributed by atoms with E-state index in [0.717, 1.165) is 23.2 Å². The summed E-state index contributed by atoms with van der Waals surface area (Å²) in [5, 5.41) is 14.4. The number of likely N-dealkylation sites (N-methyl/N-ethyl adjacent to an activating group) is 2. The van der Waals surface area contributed by atoms with Crippen molar-refractivity contribution in [1.29, 1.82) is 0 Å². The number of rotatable bonds is 12. The summed E-state index contributed by atoms with van der Waals surface area (Å²) >= 11 is 0. The first kappa shape index (κ1) is 31.3. The van der Waals surface area contributed by atoms with Crippen LogP contribution in [0.1, 0.15) is 23.6 Å². The summed E-state index contributed by atoms with van der Waals surface area (Å²) in [4.78, 5) is 27.8. The summed E-state index contributed by atoms with van der Waals surface area (Å²) in [6.07, 6.45) is -0.968. The molecule has 0 aliphatic carbocycles. The predicted molar refractivity (Wildman–Crippen MR) is 150 cm³/mol. The standard InChI is InChI=1S/C27H34F3N7O2.ClH/c1-4-31-7-8-37(24-11-21-14-35(17-25(29)30)33-23(21)9-18(24)2)27(39)13-32-12-26(38)34(3)36-15-19-5-6-22(28)10-20(19)16-36;/h5-6,9-11,14,25,31-32H,4,7-8,12-13,15-17H2,1-3H3;1H. The van der Waals surface area contributed by atoms with Gasteiger partial charge in [0.2, 0.25) is 5.91 Å². The second-order valence-corrected chi connectivity index (χ2v) is 9.60. The summed E-state index contributed by atoms with van der Waals surface area (Å²) in [6.45, 7) is 5.82. The van der Waals surface area contributed by atoms with Crippen molar-refractivity contribution in [3.8, 4) is 0 Å². The van der Waals surface area contributed by atoms with Crippen LogP contribution in [0.4, 0.5) is 18.9 Å². The molecule has 1 aliphatic heterocycles. The number of halogens is 4. The highest BCUT2D eigenvalue weighted by Gasteiger charge is 2.26. The Bertz CT molecular complexity index is 1340. The molecule has 4 rings (SSSR count). The minimum Gasteiger partial charge on any atom is -0.315 e. The van der Waals surface area contributed by atoms with E-state index >= 15 is 0 Å². The van der Waals surface area contributed by atoms with E-state index in [9.17, 15) is 22.8 Å². The van der Waals surface area contributed by atoms with Crippen molar-refractivity contribution < 1.29 is 22.8 Å². The van der Waals surface area contributed by atoms with Gasteiger partial charge in [-0.3, -0.25) is 24.6 Å².